The van der Waals surface area contributed by atoms with Crippen LogP contribution in [-0.4, -0.2) is 86.5 Å². The maximum Gasteiger partial charge on any atom is 0.352 e. The fourth-order valence-electron chi connectivity index (χ4n) is 5.76. The average Bonchev–Trinajstić information content (AvgIpc) is 3.00. The summed E-state index contributed by atoms with van der Waals surface area (Å²) in [5, 5.41) is 5.54. The number of ether oxygens (including phenoxy) is 2. The molecule has 236 valence electrons. The number of anilines is 1. The van der Waals surface area contributed by atoms with Gasteiger partial charge in [-0.2, -0.15) is 4.99 Å². The molecule has 0 aliphatic carbocycles. The van der Waals surface area contributed by atoms with E-state index in [1.165, 1.54) is 25.7 Å². The molecule has 11 nitrogen and oxygen atoms in total. The van der Waals surface area contributed by atoms with E-state index < -0.39 is 41.6 Å². The molecule has 5 amide bonds. The van der Waals surface area contributed by atoms with Gasteiger partial charge in [0.05, 0.1) is 25.5 Å². The van der Waals surface area contributed by atoms with Crippen molar-refractivity contribution in [2.45, 2.75) is 38.1 Å². The molecule has 44 heavy (non-hydrogen) atoms. The number of piperidine rings is 1. The number of urea groups is 2. The summed E-state index contributed by atoms with van der Waals surface area (Å²) in [5.74, 6) is -4.14. The lowest BCUT2D eigenvalue weighted by molar-refractivity contribution is -0.144. The number of halogens is 2. The molecule has 13 heteroatoms. The molecule has 0 bridgehead atoms. The number of carbonyl (C=O) groups excluding carboxylic acids is 4. The van der Waals surface area contributed by atoms with Gasteiger partial charge in [-0.25, -0.2) is 23.3 Å². The number of methoxy groups -OCH3 is 2. The summed E-state index contributed by atoms with van der Waals surface area (Å²) in [7, 11) is 2.49. The number of esters is 1. The van der Waals surface area contributed by atoms with Crippen LogP contribution in [0.4, 0.5) is 24.1 Å². The standard InChI is InChI=1S/C31H37F2N5O6/c1-19(39)35-23-7-4-6-21(16-23)20-10-14-37(15-11-20)13-5-12-34-30(41)38-28(22-8-9-24(32)25(33)17-22)27(29(40)44-3)26(18-43-2)36-31(38)42/h4,6-9,16-17,20,27-28H,5,10-15,18H2,1-3H3,(H,34,41)(H,35,39). The number of nitrogens with zero attached hydrogens (tertiary/aromatic N) is 3. The number of amides is 5. The lowest BCUT2D eigenvalue weighted by Gasteiger charge is -2.37. The summed E-state index contributed by atoms with van der Waals surface area (Å²) >= 11 is 0. The number of aliphatic imine (C=N–C) groups is 1. The molecule has 2 aromatic rings. The number of hydrogen-bond donors (Lipinski definition) is 2. The predicted octanol–water partition coefficient (Wildman–Crippen LogP) is 4.26. The van der Waals surface area contributed by atoms with Crippen LogP contribution in [0.3, 0.4) is 0 Å². The fraction of sp³-hybridized carbons (Fsp3) is 0.452. The quantitative estimate of drug-likeness (QED) is 0.303. The van der Waals surface area contributed by atoms with Crippen molar-refractivity contribution in [2.75, 3.05) is 52.3 Å². The first-order valence-corrected chi connectivity index (χ1v) is 14.4. The Hall–Kier alpha value is -4.23. The highest BCUT2D eigenvalue weighted by Gasteiger charge is 2.47. The van der Waals surface area contributed by atoms with E-state index in [1.807, 2.05) is 18.2 Å². The first-order valence-electron chi connectivity index (χ1n) is 14.4. The number of carbonyl (C=O) groups is 4. The number of likely N-dealkylation sites (tertiary alicyclic amines) is 1. The molecular formula is C31H37F2N5O6. The van der Waals surface area contributed by atoms with Crippen molar-refractivity contribution in [3.05, 3.63) is 65.2 Å². The molecule has 2 N–H and O–H groups in total. The lowest BCUT2D eigenvalue weighted by atomic mass is 9.86. The van der Waals surface area contributed by atoms with Crippen LogP contribution in [0.15, 0.2) is 47.5 Å². The Labute approximate surface area is 254 Å². The van der Waals surface area contributed by atoms with Gasteiger partial charge in [0.15, 0.2) is 11.6 Å². The number of rotatable bonds is 10. The zero-order valence-corrected chi connectivity index (χ0v) is 25.0. The SMILES string of the molecule is COCC1=NC(=O)N(C(=O)NCCCN2CCC(c3cccc(NC(C)=O)c3)CC2)C(c2ccc(F)c(F)c2)C1C(=O)OC. The van der Waals surface area contributed by atoms with E-state index in [4.69, 9.17) is 9.47 Å². The van der Waals surface area contributed by atoms with Crippen molar-refractivity contribution in [1.29, 1.82) is 0 Å². The predicted molar refractivity (Wildman–Crippen MR) is 158 cm³/mol. The van der Waals surface area contributed by atoms with Crippen LogP contribution < -0.4 is 10.6 Å². The Kier molecular flexibility index (Phi) is 11.1. The number of hydrogen-bond acceptors (Lipinski definition) is 7. The largest absolute Gasteiger partial charge is 0.468 e. The third kappa shape index (κ3) is 7.83. The Morgan fingerprint density at radius 3 is 2.43 bits per heavy atom. The van der Waals surface area contributed by atoms with Gasteiger partial charge in [-0.15, -0.1) is 0 Å². The number of benzene rings is 2. The van der Waals surface area contributed by atoms with E-state index in [9.17, 15) is 28.0 Å². The molecule has 2 aliphatic heterocycles. The maximum absolute atomic E-state index is 14.3. The molecule has 2 aliphatic rings. The Morgan fingerprint density at radius 1 is 1.02 bits per heavy atom. The molecule has 2 heterocycles. The Balaban J connectivity index is 1.38. The monoisotopic (exact) mass is 613 g/mol. The van der Waals surface area contributed by atoms with E-state index >= 15 is 0 Å². The molecule has 0 aromatic heterocycles. The van der Waals surface area contributed by atoms with Crippen molar-refractivity contribution in [3.8, 4) is 0 Å². The number of imide groups is 1. The minimum atomic E-state index is -1.34. The smallest absolute Gasteiger partial charge is 0.352 e. The Bertz CT molecular complexity index is 1410. The van der Waals surface area contributed by atoms with Gasteiger partial charge in [-0.1, -0.05) is 18.2 Å². The third-order valence-electron chi connectivity index (χ3n) is 7.84. The summed E-state index contributed by atoms with van der Waals surface area (Å²) in [4.78, 5) is 57.6. The second-order valence-electron chi connectivity index (χ2n) is 10.8. The first kappa shape index (κ1) is 32.7. The van der Waals surface area contributed by atoms with Gasteiger partial charge in [0.1, 0.15) is 5.92 Å². The highest BCUT2D eigenvalue weighted by atomic mass is 19.2. The normalized spacial score (nSPS) is 19.3. The summed E-state index contributed by atoms with van der Waals surface area (Å²) in [6.07, 6.45) is 2.49. The van der Waals surface area contributed by atoms with Crippen molar-refractivity contribution in [2.24, 2.45) is 10.9 Å². The van der Waals surface area contributed by atoms with Gasteiger partial charge in [0, 0.05) is 26.3 Å². The molecular weight excluding hydrogens is 576 g/mol. The molecule has 0 spiro atoms. The highest BCUT2D eigenvalue weighted by Crippen LogP contribution is 2.36. The molecule has 1 fully saturated rings. The van der Waals surface area contributed by atoms with Gasteiger partial charge < -0.3 is 25.0 Å². The lowest BCUT2D eigenvalue weighted by Crippen LogP contribution is -2.54. The fourth-order valence-corrected chi connectivity index (χ4v) is 5.76. The van der Waals surface area contributed by atoms with Crippen LogP contribution >= 0.6 is 0 Å². The van der Waals surface area contributed by atoms with Crippen molar-refractivity contribution in [1.82, 2.24) is 15.1 Å². The highest BCUT2D eigenvalue weighted by molar-refractivity contribution is 6.12. The van der Waals surface area contributed by atoms with Crippen LogP contribution in [0.2, 0.25) is 0 Å². The molecule has 2 unspecified atom stereocenters. The van der Waals surface area contributed by atoms with Crippen LogP contribution in [0.1, 0.15) is 49.3 Å². The average molecular weight is 614 g/mol. The van der Waals surface area contributed by atoms with Crippen molar-refractivity contribution >= 4 is 35.3 Å². The topological polar surface area (TPSA) is 130 Å². The summed E-state index contributed by atoms with van der Waals surface area (Å²) < 4.78 is 38.0. The molecule has 1 saturated heterocycles. The van der Waals surface area contributed by atoms with Crippen LogP contribution in [-0.2, 0) is 19.1 Å². The minimum absolute atomic E-state index is 0.00776. The molecule has 2 aromatic carbocycles. The zero-order chi connectivity index (χ0) is 31.8. The second kappa shape index (κ2) is 15.0. The van der Waals surface area contributed by atoms with Gasteiger partial charge in [0.2, 0.25) is 5.91 Å². The molecule has 2 atom stereocenters. The van der Waals surface area contributed by atoms with Crippen LogP contribution in [0.5, 0.6) is 0 Å². The van der Waals surface area contributed by atoms with Crippen LogP contribution in [0.25, 0.3) is 0 Å². The molecule has 0 radical (unpaired) electrons. The van der Waals surface area contributed by atoms with Gasteiger partial charge in [0.25, 0.3) is 0 Å². The minimum Gasteiger partial charge on any atom is -0.468 e. The zero-order valence-electron chi connectivity index (χ0n) is 25.0. The summed E-state index contributed by atoms with van der Waals surface area (Å²) in [5.41, 5.74) is 2.00. The molecule has 4 rings (SSSR count). The second-order valence-corrected chi connectivity index (χ2v) is 10.8. The maximum atomic E-state index is 14.3. The van der Waals surface area contributed by atoms with Crippen molar-refractivity contribution < 1.29 is 37.4 Å². The van der Waals surface area contributed by atoms with E-state index in [0.717, 1.165) is 55.8 Å². The van der Waals surface area contributed by atoms with Gasteiger partial charge in [-0.3, -0.25) is 9.59 Å². The number of nitrogens with one attached hydrogen (secondary N) is 2. The molecule has 0 saturated carbocycles. The van der Waals surface area contributed by atoms with E-state index in [2.05, 4.69) is 26.6 Å². The Morgan fingerprint density at radius 2 is 1.77 bits per heavy atom. The third-order valence-corrected chi connectivity index (χ3v) is 7.84. The van der Waals surface area contributed by atoms with Crippen molar-refractivity contribution in [3.63, 3.8) is 0 Å². The van der Waals surface area contributed by atoms with E-state index in [-0.39, 0.29) is 30.3 Å². The van der Waals surface area contributed by atoms with E-state index in [1.54, 1.807) is 0 Å². The first-order chi connectivity index (χ1) is 21.1. The summed E-state index contributed by atoms with van der Waals surface area (Å²) in [6, 6.07) is 7.69. The van der Waals surface area contributed by atoms with Crippen LogP contribution in [0, 0.1) is 17.6 Å². The summed E-state index contributed by atoms with van der Waals surface area (Å²) in [6.45, 7) is 3.93. The van der Waals surface area contributed by atoms with Gasteiger partial charge in [-0.05, 0) is 80.2 Å². The van der Waals surface area contributed by atoms with Gasteiger partial charge >= 0.3 is 18.0 Å². The van der Waals surface area contributed by atoms with E-state index in [0.29, 0.717) is 18.9 Å².